The highest BCUT2D eigenvalue weighted by molar-refractivity contribution is 5.75. The van der Waals surface area contributed by atoms with Crippen LogP contribution in [0, 0.1) is 0 Å². The van der Waals surface area contributed by atoms with Crippen LogP contribution in [0.1, 0.15) is 45.6 Å². The number of ether oxygens (including phenoxy) is 1. The molecule has 1 aliphatic carbocycles. The van der Waals surface area contributed by atoms with Gasteiger partial charge in [-0.05, 0) is 76.1 Å². The summed E-state index contributed by atoms with van der Waals surface area (Å²) in [4.78, 5) is 17.3. The molecule has 0 bridgehead atoms. The van der Waals surface area contributed by atoms with E-state index in [-0.39, 0.29) is 11.6 Å². The zero-order chi connectivity index (χ0) is 24.2. The lowest BCUT2D eigenvalue weighted by Crippen LogP contribution is -2.52. The zero-order valence-electron chi connectivity index (χ0n) is 20.0. The fourth-order valence-corrected chi connectivity index (χ4v) is 4.08. The van der Waals surface area contributed by atoms with Crippen LogP contribution in [-0.4, -0.2) is 16.7 Å². The highest BCUT2D eigenvalue weighted by Gasteiger charge is 2.41. The van der Waals surface area contributed by atoms with Crippen molar-refractivity contribution in [3.63, 3.8) is 0 Å². The summed E-state index contributed by atoms with van der Waals surface area (Å²) in [6.07, 6.45) is 4.12. The van der Waals surface area contributed by atoms with Crippen LogP contribution in [0.25, 0.3) is 11.3 Å². The third-order valence-electron chi connectivity index (χ3n) is 5.87. The third-order valence-corrected chi connectivity index (χ3v) is 5.87. The minimum atomic E-state index is -0.527. The lowest BCUT2D eigenvalue weighted by Gasteiger charge is -2.43. The largest absolute Gasteiger partial charge is 0.444 e. The molecule has 1 aliphatic rings. The molecule has 0 aliphatic heterocycles. The maximum Gasteiger partial charge on any atom is 0.408 e. The maximum atomic E-state index is 12.4. The second kappa shape index (κ2) is 9.59. The van der Waals surface area contributed by atoms with E-state index in [4.69, 9.17) is 9.72 Å². The fourth-order valence-electron chi connectivity index (χ4n) is 4.08. The van der Waals surface area contributed by atoms with E-state index in [2.05, 4.69) is 34.7 Å². The molecule has 0 unspecified atom stereocenters. The normalized spacial score (nSPS) is 14.4. The van der Waals surface area contributed by atoms with E-state index in [1.807, 2.05) is 75.4 Å². The van der Waals surface area contributed by atoms with E-state index in [0.717, 1.165) is 47.5 Å². The van der Waals surface area contributed by atoms with Gasteiger partial charge in [-0.25, -0.2) is 9.78 Å². The Morgan fingerprint density at radius 3 is 2.32 bits per heavy atom. The SMILES string of the molecule is C=CNc1ccc(-c2ccccc2)nc1Nc1ccc(C2(NC(=O)OC(C)(C)C)CCC2)cc1. The van der Waals surface area contributed by atoms with Gasteiger partial charge in [0.2, 0.25) is 0 Å². The van der Waals surface area contributed by atoms with Crippen molar-refractivity contribution >= 4 is 23.3 Å². The van der Waals surface area contributed by atoms with Gasteiger partial charge in [0.15, 0.2) is 5.82 Å². The monoisotopic (exact) mass is 456 g/mol. The Bertz CT molecular complexity index is 1150. The average molecular weight is 457 g/mol. The lowest BCUT2D eigenvalue weighted by molar-refractivity contribution is 0.0377. The molecular weight excluding hydrogens is 424 g/mol. The number of aromatic nitrogens is 1. The highest BCUT2D eigenvalue weighted by atomic mass is 16.6. The predicted octanol–water partition coefficient (Wildman–Crippen LogP) is 6.95. The van der Waals surface area contributed by atoms with Crippen LogP contribution in [0.3, 0.4) is 0 Å². The topological polar surface area (TPSA) is 75.3 Å². The lowest BCUT2D eigenvalue weighted by atomic mass is 9.72. The number of alkyl carbamates (subject to hydrolysis) is 1. The Morgan fingerprint density at radius 1 is 1.03 bits per heavy atom. The van der Waals surface area contributed by atoms with Crippen molar-refractivity contribution in [1.29, 1.82) is 0 Å². The number of carbonyl (C=O) groups excluding carboxylic acids is 1. The summed E-state index contributed by atoms with van der Waals surface area (Å²) in [6, 6.07) is 22.2. The minimum Gasteiger partial charge on any atom is -0.444 e. The Morgan fingerprint density at radius 2 is 1.74 bits per heavy atom. The van der Waals surface area contributed by atoms with Gasteiger partial charge in [0.05, 0.1) is 16.9 Å². The standard InChI is InChI=1S/C28H32N4O2/c1-5-29-24-17-16-23(20-10-7-6-8-11-20)31-25(24)30-22-14-12-21(13-15-22)28(18-9-19-28)32-26(33)34-27(2,3)4/h5-8,10-17,29H,1,9,18-19H2,2-4H3,(H,30,31)(H,32,33). The molecule has 0 radical (unpaired) electrons. The van der Waals surface area contributed by atoms with E-state index in [1.165, 1.54) is 0 Å². The van der Waals surface area contributed by atoms with Crippen LogP contribution >= 0.6 is 0 Å². The van der Waals surface area contributed by atoms with Crippen molar-refractivity contribution in [2.45, 2.75) is 51.2 Å². The molecule has 1 aromatic heterocycles. The molecule has 0 atom stereocenters. The molecule has 1 saturated carbocycles. The first-order chi connectivity index (χ1) is 16.3. The number of benzene rings is 2. The molecule has 3 aromatic rings. The summed E-state index contributed by atoms with van der Waals surface area (Å²) in [6.45, 7) is 9.39. The third kappa shape index (κ3) is 5.39. The van der Waals surface area contributed by atoms with Gasteiger partial charge in [0.25, 0.3) is 0 Å². The molecule has 1 amide bonds. The maximum absolute atomic E-state index is 12.4. The van der Waals surface area contributed by atoms with Gasteiger partial charge >= 0.3 is 6.09 Å². The summed E-state index contributed by atoms with van der Waals surface area (Å²) in [5, 5.41) is 9.68. The minimum absolute atomic E-state index is 0.373. The molecule has 0 saturated heterocycles. The van der Waals surface area contributed by atoms with E-state index in [1.54, 1.807) is 6.20 Å². The van der Waals surface area contributed by atoms with Crippen LogP contribution in [0.15, 0.2) is 79.5 Å². The van der Waals surface area contributed by atoms with E-state index in [0.29, 0.717) is 5.82 Å². The quantitative estimate of drug-likeness (QED) is 0.359. The second-order valence-corrected chi connectivity index (χ2v) is 9.57. The van der Waals surface area contributed by atoms with Crippen molar-refractivity contribution in [2.75, 3.05) is 10.6 Å². The number of pyridine rings is 1. The summed E-state index contributed by atoms with van der Waals surface area (Å²) in [5.74, 6) is 0.708. The number of hydrogen-bond acceptors (Lipinski definition) is 5. The van der Waals surface area contributed by atoms with Crippen LogP contribution in [0.4, 0.5) is 22.0 Å². The van der Waals surface area contributed by atoms with Crippen molar-refractivity contribution in [1.82, 2.24) is 10.3 Å². The number of carbonyl (C=O) groups is 1. The molecule has 34 heavy (non-hydrogen) atoms. The first-order valence-electron chi connectivity index (χ1n) is 11.6. The summed E-state index contributed by atoms with van der Waals surface area (Å²) in [7, 11) is 0. The van der Waals surface area contributed by atoms with Gasteiger partial charge in [-0.2, -0.15) is 0 Å². The molecule has 2 aromatic carbocycles. The molecule has 6 nitrogen and oxygen atoms in total. The average Bonchev–Trinajstić information content (AvgIpc) is 2.78. The van der Waals surface area contributed by atoms with Gasteiger partial charge in [-0.15, -0.1) is 0 Å². The van der Waals surface area contributed by atoms with E-state index >= 15 is 0 Å². The van der Waals surface area contributed by atoms with Crippen LogP contribution in [0.5, 0.6) is 0 Å². The van der Waals surface area contributed by atoms with E-state index in [9.17, 15) is 4.79 Å². The predicted molar refractivity (Wildman–Crippen MR) is 138 cm³/mol. The Hall–Kier alpha value is -3.80. The summed E-state index contributed by atoms with van der Waals surface area (Å²) >= 11 is 0. The molecular formula is C28H32N4O2. The summed E-state index contributed by atoms with van der Waals surface area (Å²) in [5.41, 5.74) is 3.84. The fraction of sp³-hybridized carbons (Fsp3) is 0.286. The zero-order valence-corrected chi connectivity index (χ0v) is 20.0. The van der Waals surface area contributed by atoms with Crippen molar-refractivity contribution < 1.29 is 9.53 Å². The van der Waals surface area contributed by atoms with Gasteiger partial charge in [0.1, 0.15) is 5.60 Å². The second-order valence-electron chi connectivity index (χ2n) is 9.57. The number of nitrogens with one attached hydrogen (secondary N) is 3. The Labute approximate surface area is 201 Å². The smallest absolute Gasteiger partial charge is 0.408 e. The Kier molecular flexibility index (Phi) is 6.59. The van der Waals surface area contributed by atoms with Gasteiger partial charge < -0.3 is 20.7 Å². The van der Waals surface area contributed by atoms with Gasteiger partial charge in [-0.1, -0.05) is 49.0 Å². The summed E-state index contributed by atoms with van der Waals surface area (Å²) < 4.78 is 5.49. The Balaban J connectivity index is 1.54. The molecule has 176 valence electrons. The van der Waals surface area contributed by atoms with Gasteiger partial charge in [-0.3, -0.25) is 0 Å². The number of hydrogen-bond donors (Lipinski definition) is 3. The van der Waals surface area contributed by atoms with Crippen LogP contribution in [0.2, 0.25) is 0 Å². The highest BCUT2D eigenvalue weighted by Crippen LogP contribution is 2.42. The molecule has 1 heterocycles. The van der Waals surface area contributed by atoms with Crippen molar-refractivity contribution in [3.05, 3.63) is 85.1 Å². The first kappa shape index (κ1) is 23.4. The molecule has 4 rings (SSSR count). The van der Waals surface area contributed by atoms with Crippen LogP contribution < -0.4 is 16.0 Å². The van der Waals surface area contributed by atoms with E-state index < -0.39 is 5.60 Å². The van der Waals surface area contributed by atoms with Crippen molar-refractivity contribution in [3.8, 4) is 11.3 Å². The molecule has 0 spiro atoms. The number of amides is 1. The number of rotatable bonds is 7. The van der Waals surface area contributed by atoms with Crippen molar-refractivity contribution in [2.24, 2.45) is 0 Å². The molecule has 6 heteroatoms. The van der Waals surface area contributed by atoms with Crippen LogP contribution in [-0.2, 0) is 10.3 Å². The van der Waals surface area contributed by atoms with Gasteiger partial charge in [0, 0.05) is 11.3 Å². The number of anilines is 3. The molecule has 3 N–H and O–H groups in total. The first-order valence-corrected chi connectivity index (χ1v) is 11.6. The molecule has 1 fully saturated rings. The number of nitrogens with zero attached hydrogens (tertiary/aromatic N) is 1.